The Kier molecular flexibility index (Phi) is 54.1. The third-order valence-electron chi connectivity index (χ3n) is 14.2. The highest BCUT2D eigenvalue weighted by molar-refractivity contribution is 7.47. The number of unbranched alkanes of at least 4 members (excludes halogenated alkanes) is 41. The maximum absolute atomic E-state index is 12.8. The van der Waals surface area contributed by atoms with Gasteiger partial charge in [0.2, 0.25) is 0 Å². The Morgan fingerprint density at radius 2 is 0.740 bits per heavy atom. The zero-order chi connectivity index (χ0) is 53.5. The van der Waals surface area contributed by atoms with Crippen LogP contribution in [0.15, 0.2) is 24.3 Å². The van der Waals surface area contributed by atoms with Gasteiger partial charge in [0.15, 0.2) is 6.10 Å². The molecule has 0 saturated carbocycles. The molecule has 0 spiro atoms. The van der Waals surface area contributed by atoms with Crippen LogP contribution in [-0.2, 0) is 32.7 Å². The van der Waals surface area contributed by atoms with Gasteiger partial charge in [0.25, 0.3) is 0 Å². The van der Waals surface area contributed by atoms with Crippen LogP contribution in [0, 0.1) is 0 Å². The Bertz CT molecular complexity index is 1280. The summed E-state index contributed by atoms with van der Waals surface area (Å²) in [5, 5.41) is 0. The Hall–Kier alpha value is -1.51. The van der Waals surface area contributed by atoms with E-state index in [-0.39, 0.29) is 25.6 Å². The van der Waals surface area contributed by atoms with E-state index in [1.165, 1.54) is 244 Å². The second-order valence-electron chi connectivity index (χ2n) is 22.8. The lowest BCUT2D eigenvalue weighted by Crippen LogP contribution is -2.37. The molecular formula is C63H123NO8P+. The molecule has 0 saturated heterocycles. The van der Waals surface area contributed by atoms with Crippen LogP contribution in [-0.4, -0.2) is 74.9 Å². The van der Waals surface area contributed by atoms with E-state index >= 15 is 0 Å². The van der Waals surface area contributed by atoms with E-state index in [4.69, 9.17) is 18.5 Å². The van der Waals surface area contributed by atoms with Crippen LogP contribution in [0.4, 0.5) is 0 Å². The predicted octanol–water partition coefficient (Wildman–Crippen LogP) is 19.8. The van der Waals surface area contributed by atoms with E-state index in [0.29, 0.717) is 23.9 Å². The van der Waals surface area contributed by atoms with E-state index in [9.17, 15) is 19.0 Å². The van der Waals surface area contributed by atoms with Crippen molar-refractivity contribution in [3.05, 3.63) is 24.3 Å². The number of nitrogens with zero attached hydrogens (tertiary/aromatic N) is 1. The van der Waals surface area contributed by atoms with Gasteiger partial charge in [-0.3, -0.25) is 18.6 Å². The molecule has 0 rings (SSSR count). The number of carbonyl (C=O) groups excluding carboxylic acids is 2. The van der Waals surface area contributed by atoms with Gasteiger partial charge in [0, 0.05) is 12.8 Å². The topological polar surface area (TPSA) is 108 Å². The fourth-order valence-electron chi connectivity index (χ4n) is 9.34. The Labute approximate surface area is 453 Å². The van der Waals surface area contributed by atoms with Crippen LogP contribution in [0.5, 0.6) is 0 Å². The number of likely N-dealkylation sites (N-methyl/N-ethyl adjacent to an activating group) is 1. The lowest BCUT2D eigenvalue weighted by atomic mass is 10.0. The number of phosphoric acid groups is 1. The highest BCUT2D eigenvalue weighted by atomic mass is 31.2. The minimum Gasteiger partial charge on any atom is -0.462 e. The van der Waals surface area contributed by atoms with Gasteiger partial charge in [-0.15, -0.1) is 0 Å². The van der Waals surface area contributed by atoms with Crippen LogP contribution >= 0.6 is 7.82 Å². The summed E-state index contributed by atoms with van der Waals surface area (Å²) in [6.45, 7) is 4.49. The molecule has 2 atom stereocenters. The third-order valence-corrected chi connectivity index (χ3v) is 15.2. The molecule has 0 aliphatic carbocycles. The largest absolute Gasteiger partial charge is 0.472 e. The van der Waals surface area contributed by atoms with Gasteiger partial charge in [0.05, 0.1) is 27.7 Å². The van der Waals surface area contributed by atoms with Crippen molar-refractivity contribution in [1.29, 1.82) is 0 Å². The monoisotopic (exact) mass is 1050 g/mol. The summed E-state index contributed by atoms with van der Waals surface area (Å²) in [4.78, 5) is 35.7. The van der Waals surface area contributed by atoms with Crippen LogP contribution < -0.4 is 0 Å². The molecule has 0 amide bonds. The van der Waals surface area contributed by atoms with E-state index in [1.54, 1.807) is 0 Å². The molecule has 0 aromatic heterocycles. The summed E-state index contributed by atoms with van der Waals surface area (Å²) in [5.74, 6) is -0.776. The number of esters is 2. The van der Waals surface area contributed by atoms with Crippen LogP contribution in [0.1, 0.15) is 316 Å². The summed E-state index contributed by atoms with van der Waals surface area (Å²) < 4.78 is 34.6. The number of hydrogen-bond donors (Lipinski definition) is 1. The maximum Gasteiger partial charge on any atom is 0.472 e. The summed E-state index contributed by atoms with van der Waals surface area (Å²) in [6.07, 6.45) is 66.9. The first-order chi connectivity index (χ1) is 35.5. The zero-order valence-electron chi connectivity index (χ0n) is 49.1. The van der Waals surface area contributed by atoms with Crippen molar-refractivity contribution in [1.82, 2.24) is 0 Å². The Balaban J connectivity index is 4.02. The minimum absolute atomic E-state index is 0.0356. The zero-order valence-corrected chi connectivity index (χ0v) is 50.0. The van der Waals surface area contributed by atoms with E-state index in [0.717, 1.165) is 38.5 Å². The van der Waals surface area contributed by atoms with Crippen molar-refractivity contribution in [2.75, 3.05) is 47.5 Å². The summed E-state index contributed by atoms with van der Waals surface area (Å²) in [6, 6.07) is 0. The summed E-state index contributed by atoms with van der Waals surface area (Å²) >= 11 is 0. The van der Waals surface area contributed by atoms with Gasteiger partial charge in [-0.2, -0.15) is 0 Å². The van der Waals surface area contributed by atoms with Crippen molar-refractivity contribution in [3.8, 4) is 0 Å². The standard InChI is InChI=1S/C63H122NO8P/c1-6-8-10-12-14-16-18-20-22-24-26-27-28-29-30-31-32-33-34-35-36-37-38-40-42-44-46-48-50-52-54-56-63(66)72-61(60-71-73(67,68)70-58-57-64(3,4)5)59-69-62(65)55-53-51-49-47-45-43-41-39-25-23-21-19-17-15-13-11-9-7-2/h18,20,24,26,61H,6-17,19,21-23,25,27-60H2,1-5H3/p+1/b20-18-,26-24-. The number of ether oxygens (including phenoxy) is 2. The molecular weight excluding hydrogens is 930 g/mol. The molecule has 73 heavy (non-hydrogen) atoms. The molecule has 0 aromatic rings. The van der Waals surface area contributed by atoms with Crippen molar-refractivity contribution < 1.29 is 42.1 Å². The predicted molar refractivity (Wildman–Crippen MR) is 312 cm³/mol. The van der Waals surface area contributed by atoms with E-state index in [1.807, 2.05) is 21.1 Å². The van der Waals surface area contributed by atoms with Crippen molar-refractivity contribution in [3.63, 3.8) is 0 Å². The van der Waals surface area contributed by atoms with Crippen LogP contribution in [0.2, 0.25) is 0 Å². The molecule has 9 nitrogen and oxygen atoms in total. The normalized spacial score (nSPS) is 13.3. The lowest BCUT2D eigenvalue weighted by molar-refractivity contribution is -0.870. The maximum atomic E-state index is 12.8. The van der Waals surface area contributed by atoms with E-state index < -0.39 is 26.5 Å². The summed E-state index contributed by atoms with van der Waals surface area (Å²) in [5.41, 5.74) is 0. The van der Waals surface area contributed by atoms with Crippen molar-refractivity contribution >= 4 is 19.8 Å². The average molecular weight is 1050 g/mol. The van der Waals surface area contributed by atoms with Crippen molar-refractivity contribution in [2.24, 2.45) is 0 Å². The van der Waals surface area contributed by atoms with Gasteiger partial charge < -0.3 is 18.9 Å². The fraction of sp³-hybridized carbons (Fsp3) is 0.905. The minimum atomic E-state index is -4.38. The molecule has 0 aliphatic rings. The molecule has 0 aromatic carbocycles. The third kappa shape index (κ3) is 59.6. The first kappa shape index (κ1) is 71.5. The lowest BCUT2D eigenvalue weighted by Gasteiger charge is -2.24. The molecule has 2 unspecified atom stereocenters. The molecule has 0 radical (unpaired) electrons. The van der Waals surface area contributed by atoms with Gasteiger partial charge in [-0.05, 0) is 44.9 Å². The highest BCUT2D eigenvalue weighted by Crippen LogP contribution is 2.43. The van der Waals surface area contributed by atoms with Crippen molar-refractivity contribution in [2.45, 2.75) is 322 Å². The number of rotatable bonds is 59. The van der Waals surface area contributed by atoms with Gasteiger partial charge >= 0.3 is 19.8 Å². The van der Waals surface area contributed by atoms with E-state index in [2.05, 4.69) is 38.2 Å². The SMILES string of the molecule is CCCCCCC/C=C\C/C=C\CCCCCCCCCCCCCCCCCCCCCC(=O)OC(COC(=O)CCCCCCCCCCCCCCCCCCCC)COP(=O)(O)OCC[N+](C)(C)C. The first-order valence-corrected chi connectivity index (χ1v) is 33.1. The first-order valence-electron chi connectivity index (χ1n) is 31.6. The van der Waals surface area contributed by atoms with Gasteiger partial charge in [0.1, 0.15) is 19.8 Å². The fourth-order valence-corrected chi connectivity index (χ4v) is 10.1. The quantitative estimate of drug-likeness (QED) is 0.0211. The number of hydrogen-bond acceptors (Lipinski definition) is 7. The number of quaternary nitrogens is 1. The molecule has 0 bridgehead atoms. The molecule has 0 heterocycles. The number of allylic oxidation sites excluding steroid dienone is 4. The molecule has 0 fully saturated rings. The second kappa shape index (κ2) is 55.3. The molecule has 432 valence electrons. The van der Waals surface area contributed by atoms with Crippen LogP contribution in [0.25, 0.3) is 0 Å². The second-order valence-corrected chi connectivity index (χ2v) is 24.3. The highest BCUT2D eigenvalue weighted by Gasteiger charge is 2.27. The van der Waals surface area contributed by atoms with Crippen LogP contribution in [0.3, 0.4) is 0 Å². The molecule has 1 N–H and O–H groups in total. The number of phosphoric ester groups is 1. The van der Waals surface area contributed by atoms with Gasteiger partial charge in [-0.1, -0.05) is 282 Å². The Morgan fingerprint density at radius 3 is 1.08 bits per heavy atom. The number of carbonyl (C=O) groups is 2. The molecule has 0 aliphatic heterocycles. The average Bonchev–Trinajstić information content (AvgIpc) is 3.35. The summed E-state index contributed by atoms with van der Waals surface area (Å²) in [7, 11) is 1.50. The smallest absolute Gasteiger partial charge is 0.462 e. The van der Waals surface area contributed by atoms with Gasteiger partial charge in [-0.25, -0.2) is 4.57 Å². The Morgan fingerprint density at radius 1 is 0.425 bits per heavy atom. The molecule has 10 heteroatoms.